The van der Waals surface area contributed by atoms with Crippen molar-refractivity contribution in [3.8, 4) is 0 Å². The van der Waals surface area contributed by atoms with Crippen molar-refractivity contribution in [1.82, 2.24) is 15.2 Å². The predicted molar refractivity (Wildman–Crippen MR) is 76.4 cm³/mol. The van der Waals surface area contributed by atoms with Gasteiger partial charge in [-0.15, -0.1) is 0 Å². The minimum atomic E-state index is -0.856. The first kappa shape index (κ1) is 13.1. The summed E-state index contributed by atoms with van der Waals surface area (Å²) in [6.45, 7) is 1.73. The van der Waals surface area contributed by atoms with Crippen LogP contribution in [-0.4, -0.2) is 46.6 Å². The number of nitrogens with one attached hydrogen (secondary N) is 1. The number of nitrogens with zero attached hydrogens (tertiary/aromatic N) is 2. The van der Waals surface area contributed by atoms with Crippen LogP contribution in [0.5, 0.6) is 0 Å². The Morgan fingerprint density at radius 2 is 2.18 bits per heavy atom. The molecule has 0 aromatic carbocycles. The summed E-state index contributed by atoms with van der Waals surface area (Å²) in [7, 11) is 0. The highest BCUT2D eigenvalue weighted by Gasteiger charge is 2.56. The molecule has 2 fully saturated rings. The molecule has 3 heterocycles. The van der Waals surface area contributed by atoms with E-state index in [9.17, 15) is 9.59 Å². The molecule has 114 valence electrons. The van der Waals surface area contributed by atoms with E-state index in [-0.39, 0.29) is 11.7 Å². The van der Waals surface area contributed by atoms with E-state index in [2.05, 4.69) is 10.3 Å². The Labute approximate surface area is 125 Å². The smallest absolute Gasteiger partial charge is 0.407 e. The molecule has 0 bridgehead atoms. The summed E-state index contributed by atoms with van der Waals surface area (Å²) in [4.78, 5) is 28.4. The Morgan fingerprint density at radius 1 is 1.41 bits per heavy atom. The van der Waals surface area contributed by atoms with Gasteiger partial charge in [-0.1, -0.05) is 0 Å². The first-order chi connectivity index (χ1) is 10.6. The maximum absolute atomic E-state index is 12.1. The molecule has 4 rings (SSSR count). The number of carbonyl (C=O) groups is 2. The van der Waals surface area contributed by atoms with E-state index >= 15 is 0 Å². The minimum absolute atomic E-state index is 0.240. The largest absolute Gasteiger partial charge is 0.465 e. The SMILES string of the molecule is O=C(NCC1C2CN(C(=O)O)CC12)c1cc2ccncc2o1. The van der Waals surface area contributed by atoms with Crippen LogP contribution in [0.4, 0.5) is 4.79 Å². The molecule has 7 nitrogen and oxygen atoms in total. The molecule has 22 heavy (non-hydrogen) atoms. The van der Waals surface area contributed by atoms with Gasteiger partial charge in [-0.2, -0.15) is 0 Å². The Morgan fingerprint density at radius 3 is 2.86 bits per heavy atom. The highest BCUT2D eigenvalue weighted by molar-refractivity contribution is 5.95. The third-order valence-corrected chi connectivity index (χ3v) is 4.69. The van der Waals surface area contributed by atoms with Crippen molar-refractivity contribution in [3.05, 3.63) is 30.3 Å². The lowest BCUT2D eigenvalue weighted by atomic mass is 10.2. The van der Waals surface area contributed by atoms with Gasteiger partial charge in [0.1, 0.15) is 0 Å². The summed E-state index contributed by atoms with van der Waals surface area (Å²) in [6.07, 6.45) is 2.38. The summed E-state index contributed by atoms with van der Waals surface area (Å²) in [5.41, 5.74) is 0.591. The zero-order valence-corrected chi connectivity index (χ0v) is 11.7. The van der Waals surface area contributed by atoms with Gasteiger partial charge in [0.2, 0.25) is 0 Å². The number of aromatic nitrogens is 1. The van der Waals surface area contributed by atoms with Crippen molar-refractivity contribution in [3.63, 3.8) is 0 Å². The monoisotopic (exact) mass is 301 g/mol. The molecule has 2 aliphatic rings. The molecule has 1 aliphatic heterocycles. The fraction of sp³-hybridized carbons (Fsp3) is 0.400. The van der Waals surface area contributed by atoms with E-state index in [1.807, 2.05) is 0 Å². The van der Waals surface area contributed by atoms with Crippen molar-refractivity contribution in [2.75, 3.05) is 19.6 Å². The molecule has 7 heteroatoms. The van der Waals surface area contributed by atoms with E-state index in [1.54, 1.807) is 24.5 Å². The highest BCUT2D eigenvalue weighted by atomic mass is 16.4. The molecule has 0 radical (unpaired) electrons. The van der Waals surface area contributed by atoms with E-state index in [4.69, 9.17) is 9.52 Å². The van der Waals surface area contributed by atoms with Crippen LogP contribution in [-0.2, 0) is 0 Å². The summed E-state index contributed by atoms with van der Waals surface area (Å²) in [5, 5.41) is 12.6. The number of carboxylic acid groups (broad SMARTS) is 1. The number of fused-ring (bicyclic) bond motifs is 2. The topological polar surface area (TPSA) is 95.7 Å². The van der Waals surface area contributed by atoms with Crippen LogP contribution < -0.4 is 5.32 Å². The number of furan rings is 1. The lowest BCUT2D eigenvalue weighted by Crippen LogP contribution is -2.33. The van der Waals surface area contributed by atoms with Gasteiger partial charge in [-0.25, -0.2) is 4.79 Å². The zero-order chi connectivity index (χ0) is 15.3. The van der Waals surface area contributed by atoms with Crippen LogP contribution in [0.25, 0.3) is 11.0 Å². The molecule has 2 aromatic heterocycles. The number of hydrogen-bond donors (Lipinski definition) is 2. The first-order valence-electron chi connectivity index (χ1n) is 7.23. The lowest BCUT2D eigenvalue weighted by molar-refractivity contribution is 0.0922. The first-order valence-corrected chi connectivity index (χ1v) is 7.23. The third-order valence-electron chi connectivity index (χ3n) is 4.69. The lowest BCUT2D eigenvalue weighted by Gasteiger charge is -2.15. The van der Waals surface area contributed by atoms with Gasteiger partial charge >= 0.3 is 6.09 Å². The molecule has 2 N–H and O–H groups in total. The minimum Gasteiger partial charge on any atom is -0.465 e. The molecule has 1 saturated carbocycles. The second-order valence-electron chi connectivity index (χ2n) is 5.91. The molecule has 0 spiro atoms. The number of amides is 2. The summed E-state index contributed by atoms with van der Waals surface area (Å²) in [6, 6.07) is 3.49. The van der Waals surface area contributed by atoms with Gasteiger partial charge in [0.15, 0.2) is 11.3 Å². The zero-order valence-electron chi connectivity index (χ0n) is 11.7. The summed E-state index contributed by atoms with van der Waals surface area (Å²) in [5.74, 6) is 1.19. The van der Waals surface area contributed by atoms with Gasteiger partial charge < -0.3 is 19.7 Å². The van der Waals surface area contributed by atoms with Gasteiger partial charge in [0.05, 0.1) is 6.20 Å². The molecule has 1 saturated heterocycles. The Kier molecular flexibility index (Phi) is 2.82. The van der Waals surface area contributed by atoms with Crippen molar-refractivity contribution in [1.29, 1.82) is 0 Å². The number of hydrogen-bond acceptors (Lipinski definition) is 4. The van der Waals surface area contributed by atoms with Crippen LogP contribution in [0.3, 0.4) is 0 Å². The number of carbonyl (C=O) groups excluding carboxylic acids is 1. The quantitative estimate of drug-likeness (QED) is 0.893. The number of rotatable bonds is 3. The predicted octanol–water partition coefficient (Wildman–Crippen LogP) is 1.41. The number of piperidine rings is 1. The van der Waals surface area contributed by atoms with Gasteiger partial charge in [-0.3, -0.25) is 9.78 Å². The molecule has 2 unspecified atom stereocenters. The van der Waals surface area contributed by atoms with Crippen LogP contribution in [0.15, 0.2) is 28.9 Å². The summed E-state index contributed by atoms with van der Waals surface area (Å²) < 4.78 is 5.46. The molecular formula is C15H15N3O4. The summed E-state index contributed by atoms with van der Waals surface area (Å²) >= 11 is 0. The molecular weight excluding hydrogens is 286 g/mol. The second-order valence-corrected chi connectivity index (χ2v) is 5.91. The molecule has 1 aliphatic carbocycles. The average Bonchev–Trinajstić information content (AvgIpc) is 2.91. The second kappa shape index (κ2) is 4.72. The van der Waals surface area contributed by atoms with E-state index < -0.39 is 6.09 Å². The maximum atomic E-state index is 12.1. The normalized spacial score (nSPS) is 26.0. The van der Waals surface area contributed by atoms with Gasteiger partial charge in [0, 0.05) is 31.2 Å². The van der Waals surface area contributed by atoms with Crippen LogP contribution in [0.1, 0.15) is 10.6 Å². The van der Waals surface area contributed by atoms with Crippen LogP contribution in [0, 0.1) is 17.8 Å². The number of pyridine rings is 1. The standard InChI is InChI=1S/C15H15N3O4/c19-14(12-3-8-1-2-16-5-13(8)22-12)17-4-9-10-6-18(15(20)21)7-11(9)10/h1-3,5,9-11H,4,6-7H2,(H,17,19)(H,20,21). The number of likely N-dealkylation sites (tertiary alicyclic amines) is 1. The Balaban J connectivity index is 1.34. The average molecular weight is 301 g/mol. The molecule has 2 atom stereocenters. The van der Waals surface area contributed by atoms with Crippen molar-refractivity contribution in [2.45, 2.75) is 0 Å². The van der Waals surface area contributed by atoms with Crippen molar-refractivity contribution >= 4 is 23.0 Å². The Bertz CT molecular complexity index is 711. The van der Waals surface area contributed by atoms with E-state index in [1.165, 1.54) is 4.90 Å². The third kappa shape index (κ3) is 2.09. The fourth-order valence-electron chi connectivity index (χ4n) is 3.40. The van der Waals surface area contributed by atoms with Crippen LogP contribution in [0.2, 0.25) is 0 Å². The van der Waals surface area contributed by atoms with Gasteiger partial charge in [-0.05, 0) is 29.9 Å². The van der Waals surface area contributed by atoms with Crippen molar-refractivity contribution in [2.24, 2.45) is 17.8 Å². The van der Waals surface area contributed by atoms with E-state index in [0.717, 1.165) is 5.39 Å². The van der Waals surface area contributed by atoms with Crippen molar-refractivity contribution < 1.29 is 19.1 Å². The van der Waals surface area contributed by atoms with Crippen LogP contribution >= 0.6 is 0 Å². The fourth-order valence-corrected chi connectivity index (χ4v) is 3.40. The Hall–Kier alpha value is -2.57. The maximum Gasteiger partial charge on any atom is 0.407 e. The van der Waals surface area contributed by atoms with E-state index in [0.29, 0.717) is 43.0 Å². The molecule has 2 amide bonds. The van der Waals surface area contributed by atoms with Gasteiger partial charge in [0.25, 0.3) is 5.91 Å². The highest BCUT2D eigenvalue weighted by Crippen LogP contribution is 2.51. The molecule has 2 aromatic rings.